The zero-order chi connectivity index (χ0) is 18.1. The number of imide groups is 1. The number of hydrogen-bond donors (Lipinski definition) is 0. The highest BCUT2D eigenvalue weighted by molar-refractivity contribution is 6.21. The molecule has 0 unspecified atom stereocenters. The molecule has 0 saturated heterocycles. The van der Waals surface area contributed by atoms with Crippen molar-refractivity contribution in [2.45, 2.75) is 13.3 Å². The van der Waals surface area contributed by atoms with Gasteiger partial charge in [-0.3, -0.25) is 19.5 Å². The number of pyridine rings is 1. The number of para-hydroxylation sites is 1. The van der Waals surface area contributed by atoms with Gasteiger partial charge in [-0.2, -0.15) is 0 Å². The molecule has 2 heterocycles. The average molecular weight is 342 g/mol. The van der Waals surface area contributed by atoms with Crippen LogP contribution in [-0.4, -0.2) is 28.2 Å². The Morgan fingerprint density at radius 1 is 0.962 bits per heavy atom. The molecule has 0 radical (unpaired) electrons. The molecule has 3 aromatic rings. The SMILES string of the molecule is Cc1cc(/C=C/CCN2C(=O)c3ccccc3C2=O)c2ccccc2n1. The summed E-state index contributed by atoms with van der Waals surface area (Å²) in [6.45, 7) is 2.35. The summed E-state index contributed by atoms with van der Waals surface area (Å²) in [5, 5.41) is 1.09. The van der Waals surface area contributed by atoms with Gasteiger partial charge in [0.15, 0.2) is 0 Å². The smallest absolute Gasteiger partial charge is 0.261 e. The first kappa shape index (κ1) is 16.2. The van der Waals surface area contributed by atoms with Crippen molar-refractivity contribution in [2.24, 2.45) is 0 Å². The summed E-state index contributed by atoms with van der Waals surface area (Å²) in [7, 11) is 0. The Morgan fingerprint density at radius 3 is 2.35 bits per heavy atom. The van der Waals surface area contributed by atoms with E-state index in [9.17, 15) is 9.59 Å². The number of rotatable bonds is 4. The van der Waals surface area contributed by atoms with Gasteiger partial charge < -0.3 is 0 Å². The molecule has 0 saturated carbocycles. The van der Waals surface area contributed by atoms with Crippen molar-refractivity contribution >= 4 is 28.8 Å². The van der Waals surface area contributed by atoms with E-state index in [1.165, 1.54) is 4.90 Å². The molecule has 4 rings (SSSR count). The largest absolute Gasteiger partial charge is 0.274 e. The molecule has 128 valence electrons. The molecule has 26 heavy (non-hydrogen) atoms. The van der Waals surface area contributed by atoms with Gasteiger partial charge in [0.05, 0.1) is 16.6 Å². The van der Waals surface area contributed by atoms with Crippen molar-refractivity contribution in [3.63, 3.8) is 0 Å². The van der Waals surface area contributed by atoms with Gasteiger partial charge in [0.2, 0.25) is 0 Å². The highest BCUT2D eigenvalue weighted by Crippen LogP contribution is 2.23. The zero-order valence-corrected chi connectivity index (χ0v) is 14.5. The summed E-state index contributed by atoms with van der Waals surface area (Å²) in [5.41, 5.74) is 4.01. The van der Waals surface area contributed by atoms with E-state index in [0.717, 1.165) is 22.2 Å². The maximum atomic E-state index is 12.4. The summed E-state index contributed by atoms with van der Waals surface area (Å²) in [6.07, 6.45) is 4.65. The molecule has 0 aliphatic carbocycles. The first-order chi connectivity index (χ1) is 12.6. The number of amides is 2. The van der Waals surface area contributed by atoms with Crippen LogP contribution in [0, 0.1) is 6.92 Å². The van der Waals surface area contributed by atoms with Crippen molar-refractivity contribution in [3.05, 3.63) is 83.1 Å². The monoisotopic (exact) mass is 342 g/mol. The van der Waals surface area contributed by atoms with Crippen LogP contribution in [0.15, 0.2) is 60.7 Å². The molecule has 1 aliphatic rings. The number of carbonyl (C=O) groups is 2. The van der Waals surface area contributed by atoms with Crippen molar-refractivity contribution in [1.82, 2.24) is 9.88 Å². The van der Waals surface area contributed by atoms with Crippen molar-refractivity contribution in [2.75, 3.05) is 6.54 Å². The molecular weight excluding hydrogens is 324 g/mol. The standard InChI is InChI=1S/C22H18N2O2/c1-15-14-16(17-9-4-5-12-20(17)23-15)8-6-7-13-24-21(25)18-10-2-3-11-19(18)22(24)26/h2-6,8-12,14H,7,13H2,1H3/b8-6+. The Kier molecular flexibility index (Phi) is 4.09. The Bertz CT molecular complexity index is 1020. The summed E-state index contributed by atoms with van der Waals surface area (Å²) in [5.74, 6) is -0.409. The second-order valence-corrected chi connectivity index (χ2v) is 6.37. The summed E-state index contributed by atoms with van der Waals surface area (Å²) >= 11 is 0. The van der Waals surface area contributed by atoms with Gasteiger partial charge in [0, 0.05) is 17.6 Å². The lowest BCUT2D eigenvalue weighted by Gasteiger charge is -2.12. The van der Waals surface area contributed by atoms with Gasteiger partial charge in [-0.25, -0.2) is 0 Å². The Labute approximate surface area is 151 Å². The highest BCUT2D eigenvalue weighted by atomic mass is 16.2. The molecule has 1 aliphatic heterocycles. The molecule has 2 aromatic carbocycles. The van der Waals surface area contributed by atoms with Crippen LogP contribution in [0.25, 0.3) is 17.0 Å². The molecule has 0 atom stereocenters. The van der Waals surface area contributed by atoms with Crippen LogP contribution < -0.4 is 0 Å². The average Bonchev–Trinajstić information content (AvgIpc) is 2.90. The van der Waals surface area contributed by atoms with Gasteiger partial charge in [-0.05, 0) is 43.2 Å². The minimum Gasteiger partial charge on any atom is -0.274 e. The minimum atomic E-state index is -0.204. The van der Waals surface area contributed by atoms with E-state index in [1.54, 1.807) is 24.3 Å². The molecule has 0 fully saturated rings. The van der Waals surface area contributed by atoms with Crippen LogP contribution in [0.2, 0.25) is 0 Å². The Balaban J connectivity index is 1.49. The van der Waals surface area contributed by atoms with Crippen LogP contribution in [0.4, 0.5) is 0 Å². The summed E-state index contributed by atoms with van der Waals surface area (Å²) in [4.78, 5) is 30.6. The molecule has 4 nitrogen and oxygen atoms in total. The van der Waals surface area contributed by atoms with E-state index in [2.05, 4.69) is 4.98 Å². The number of aryl methyl sites for hydroxylation is 1. The van der Waals surface area contributed by atoms with Crippen LogP contribution in [-0.2, 0) is 0 Å². The predicted molar refractivity (Wildman–Crippen MR) is 102 cm³/mol. The van der Waals surface area contributed by atoms with Crippen molar-refractivity contribution < 1.29 is 9.59 Å². The summed E-state index contributed by atoms with van der Waals surface area (Å²) in [6, 6.07) is 17.0. The Morgan fingerprint density at radius 2 is 1.62 bits per heavy atom. The highest BCUT2D eigenvalue weighted by Gasteiger charge is 2.34. The van der Waals surface area contributed by atoms with Crippen LogP contribution >= 0.6 is 0 Å². The third-order valence-corrected chi connectivity index (χ3v) is 4.57. The Hall–Kier alpha value is -3.27. The van der Waals surface area contributed by atoms with E-state index in [-0.39, 0.29) is 11.8 Å². The van der Waals surface area contributed by atoms with Gasteiger partial charge in [-0.15, -0.1) is 0 Å². The number of hydrogen-bond acceptors (Lipinski definition) is 3. The topological polar surface area (TPSA) is 50.3 Å². The second kappa shape index (κ2) is 6.56. The maximum absolute atomic E-state index is 12.4. The number of fused-ring (bicyclic) bond motifs is 2. The first-order valence-electron chi connectivity index (χ1n) is 8.63. The molecule has 2 amide bonds. The van der Waals surface area contributed by atoms with E-state index in [0.29, 0.717) is 24.1 Å². The number of benzene rings is 2. The quantitative estimate of drug-likeness (QED) is 0.666. The van der Waals surface area contributed by atoms with Crippen LogP contribution in [0.1, 0.15) is 38.4 Å². The van der Waals surface area contributed by atoms with Gasteiger partial charge in [0.1, 0.15) is 0 Å². The third-order valence-electron chi connectivity index (χ3n) is 4.57. The molecule has 0 bridgehead atoms. The lowest BCUT2D eigenvalue weighted by molar-refractivity contribution is 0.0657. The van der Waals surface area contributed by atoms with E-state index in [1.807, 2.05) is 49.4 Å². The second-order valence-electron chi connectivity index (χ2n) is 6.37. The van der Waals surface area contributed by atoms with Gasteiger partial charge in [-0.1, -0.05) is 42.5 Å². The van der Waals surface area contributed by atoms with Crippen molar-refractivity contribution in [3.8, 4) is 0 Å². The van der Waals surface area contributed by atoms with Gasteiger partial charge in [0.25, 0.3) is 11.8 Å². The number of aromatic nitrogens is 1. The van der Waals surface area contributed by atoms with Crippen molar-refractivity contribution in [1.29, 1.82) is 0 Å². The molecule has 4 heteroatoms. The maximum Gasteiger partial charge on any atom is 0.261 e. The third kappa shape index (κ3) is 2.80. The molecular formula is C22H18N2O2. The van der Waals surface area contributed by atoms with E-state index in [4.69, 9.17) is 0 Å². The van der Waals surface area contributed by atoms with Gasteiger partial charge >= 0.3 is 0 Å². The lowest BCUT2D eigenvalue weighted by Crippen LogP contribution is -2.30. The van der Waals surface area contributed by atoms with Crippen LogP contribution in [0.3, 0.4) is 0 Å². The van der Waals surface area contributed by atoms with E-state index < -0.39 is 0 Å². The minimum absolute atomic E-state index is 0.204. The normalized spacial score (nSPS) is 13.8. The molecule has 1 aromatic heterocycles. The van der Waals surface area contributed by atoms with Crippen LogP contribution in [0.5, 0.6) is 0 Å². The molecule has 0 spiro atoms. The fraction of sp³-hybridized carbons (Fsp3) is 0.136. The number of carbonyl (C=O) groups excluding carboxylic acids is 2. The summed E-state index contributed by atoms with van der Waals surface area (Å²) < 4.78 is 0. The zero-order valence-electron chi connectivity index (χ0n) is 14.5. The van der Waals surface area contributed by atoms with E-state index >= 15 is 0 Å². The lowest BCUT2D eigenvalue weighted by atomic mass is 10.1. The fourth-order valence-electron chi connectivity index (χ4n) is 3.33. The first-order valence-corrected chi connectivity index (χ1v) is 8.63. The fourth-order valence-corrected chi connectivity index (χ4v) is 3.33. The molecule has 0 N–H and O–H groups in total. The predicted octanol–water partition coefficient (Wildman–Crippen LogP) is 4.24. The number of nitrogens with zero attached hydrogens (tertiary/aromatic N) is 2.